The largest absolute Gasteiger partial charge is 0.486 e. The number of rotatable bonds is 4. The molecule has 124 valence electrons. The van der Waals surface area contributed by atoms with E-state index in [0.29, 0.717) is 19.8 Å². The molecule has 1 amide bonds. The second-order valence-corrected chi connectivity index (χ2v) is 6.48. The van der Waals surface area contributed by atoms with Crippen LogP contribution in [0.25, 0.3) is 0 Å². The summed E-state index contributed by atoms with van der Waals surface area (Å²) in [4.78, 5) is 12.6. The molecular weight excluding hydrogens is 292 g/mol. The summed E-state index contributed by atoms with van der Waals surface area (Å²) in [5.74, 6) is 1.49. The van der Waals surface area contributed by atoms with Gasteiger partial charge in [0.1, 0.15) is 13.2 Å². The normalized spacial score (nSPS) is 17.4. The highest BCUT2D eigenvalue weighted by molar-refractivity contribution is 5.87. The highest BCUT2D eigenvalue weighted by atomic mass is 16.6. The molecule has 0 aromatic heterocycles. The van der Waals surface area contributed by atoms with Crippen LogP contribution in [0.4, 0.5) is 0 Å². The average molecular weight is 316 g/mol. The summed E-state index contributed by atoms with van der Waals surface area (Å²) in [7, 11) is 0. The number of hydrogen-bond acceptors (Lipinski definition) is 4. The number of ether oxygens (including phenoxy) is 2. The lowest BCUT2D eigenvalue weighted by atomic mass is 9.83. The predicted molar refractivity (Wildman–Crippen MR) is 89.0 cm³/mol. The fourth-order valence-electron chi connectivity index (χ4n) is 2.81. The van der Waals surface area contributed by atoms with Gasteiger partial charge in [0.25, 0.3) is 0 Å². The Morgan fingerprint density at radius 3 is 2.78 bits per heavy atom. The minimum absolute atomic E-state index is 0.0219. The summed E-state index contributed by atoms with van der Waals surface area (Å²) in [6.45, 7) is 7.47. The molecule has 0 fully saturated rings. The fraction of sp³-hybridized carbons (Fsp3) is 0.500. The van der Waals surface area contributed by atoms with Crippen molar-refractivity contribution >= 4 is 5.91 Å². The van der Waals surface area contributed by atoms with E-state index < -0.39 is 5.41 Å². The Morgan fingerprint density at radius 2 is 2.04 bits per heavy atom. The Balaban J connectivity index is 1.69. The molecule has 0 saturated heterocycles. The van der Waals surface area contributed by atoms with Crippen molar-refractivity contribution in [3.8, 4) is 11.5 Å². The van der Waals surface area contributed by atoms with E-state index in [-0.39, 0.29) is 5.91 Å². The van der Waals surface area contributed by atoms with Crippen molar-refractivity contribution in [3.05, 3.63) is 35.4 Å². The first kappa shape index (κ1) is 15.9. The molecule has 0 spiro atoms. The van der Waals surface area contributed by atoms with Gasteiger partial charge in [0, 0.05) is 13.1 Å². The van der Waals surface area contributed by atoms with Crippen LogP contribution in [0.2, 0.25) is 0 Å². The van der Waals surface area contributed by atoms with E-state index in [0.717, 1.165) is 36.6 Å². The van der Waals surface area contributed by atoms with Gasteiger partial charge in [-0.1, -0.05) is 17.7 Å². The molecule has 0 atom stereocenters. The maximum Gasteiger partial charge on any atom is 0.230 e. The van der Waals surface area contributed by atoms with E-state index in [4.69, 9.17) is 9.47 Å². The topological polar surface area (TPSA) is 59.6 Å². The quantitative estimate of drug-likeness (QED) is 0.831. The zero-order valence-corrected chi connectivity index (χ0v) is 13.8. The SMILES string of the molecule is CC(C)(C(=O)NCC1=CCNCC1)c1ccc2c(c1)OCCO2. The lowest BCUT2D eigenvalue weighted by Crippen LogP contribution is -2.41. The molecular formula is C18H24N2O3. The summed E-state index contributed by atoms with van der Waals surface area (Å²) in [5.41, 5.74) is 1.59. The maximum atomic E-state index is 12.6. The van der Waals surface area contributed by atoms with Gasteiger partial charge >= 0.3 is 0 Å². The number of benzene rings is 1. The third kappa shape index (κ3) is 3.50. The van der Waals surface area contributed by atoms with Crippen molar-refractivity contribution in [2.24, 2.45) is 0 Å². The summed E-state index contributed by atoms with van der Waals surface area (Å²) in [6.07, 6.45) is 3.14. The second kappa shape index (κ2) is 6.62. The van der Waals surface area contributed by atoms with Gasteiger partial charge in [-0.2, -0.15) is 0 Å². The Bertz CT molecular complexity index is 623. The van der Waals surface area contributed by atoms with Crippen LogP contribution in [0, 0.1) is 0 Å². The predicted octanol–water partition coefficient (Wildman–Crippen LogP) is 1.77. The van der Waals surface area contributed by atoms with Gasteiger partial charge in [-0.25, -0.2) is 0 Å². The van der Waals surface area contributed by atoms with Crippen molar-refractivity contribution in [1.29, 1.82) is 0 Å². The maximum absolute atomic E-state index is 12.6. The molecule has 1 aromatic rings. The van der Waals surface area contributed by atoms with Crippen LogP contribution in [-0.4, -0.2) is 38.8 Å². The number of fused-ring (bicyclic) bond motifs is 1. The van der Waals surface area contributed by atoms with Gasteiger partial charge in [0.05, 0.1) is 5.41 Å². The highest BCUT2D eigenvalue weighted by Crippen LogP contribution is 2.35. The summed E-state index contributed by atoms with van der Waals surface area (Å²) in [6, 6.07) is 5.74. The molecule has 0 saturated carbocycles. The van der Waals surface area contributed by atoms with Crippen LogP contribution in [0.3, 0.4) is 0 Å². The minimum atomic E-state index is -0.622. The molecule has 0 aliphatic carbocycles. The molecule has 5 nitrogen and oxygen atoms in total. The number of nitrogens with one attached hydrogen (secondary N) is 2. The summed E-state index contributed by atoms with van der Waals surface area (Å²) in [5, 5.41) is 6.34. The molecule has 0 radical (unpaired) electrons. The second-order valence-electron chi connectivity index (χ2n) is 6.48. The molecule has 23 heavy (non-hydrogen) atoms. The number of amides is 1. The molecule has 0 unspecified atom stereocenters. The van der Waals surface area contributed by atoms with Gasteiger partial charge in [0.2, 0.25) is 5.91 Å². The minimum Gasteiger partial charge on any atom is -0.486 e. The van der Waals surface area contributed by atoms with Crippen molar-refractivity contribution in [2.45, 2.75) is 25.7 Å². The monoisotopic (exact) mass is 316 g/mol. The number of carbonyl (C=O) groups excluding carboxylic acids is 1. The van der Waals surface area contributed by atoms with Crippen LogP contribution in [-0.2, 0) is 10.2 Å². The highest BCUT2D eigenvalue weighted by Gasteiger charge is 2.31. The molecule has 2 aliphatic rings. The Hall–Kier alpha value is -2.01. The first-order valence-corrected chi connectivity index (χ1v) is 8.14. The number of carbonyl (C=O) groups is 1. The molecule has 0 bridgehead atoms. The van der Waals surface area contributed by atoms with Crippen LogP contribution in [0.5, 0.6) is 11.5 Å². The molecule has 3 rings (SSSR count). The summed E-state index contributed by atoms with van der Waals surface area (Å²) < 4.78 is 11.2. The fourth-order valence-corrected chi connectivity index (χ4v) is 2.81. The number of hydrogen-bond donors (Lipinski definition) is 2. The summed E-state index contributed by atoms with van der Waals surface area (Å²) >= 11 is 0. The third-order valence-electron chi connectivity index (χ3n) is 4.47. The first-order valence-electron chi connectivity index (χ1n) is 8.14. The Labute approximate surface area is 137 Å². The van der Waals surface area contributed by atoms with E-state index in [9.17, 15) is 4.79 Å². The van der Waals surface area contributed by atoms with E-state index in [1.54, 1.807) is 0 Å². The van der Waals surface area contributed by atoms with Crippen molar-refractivity contribution < 1.29 is 14.3 Å². The molecule has 1 aromatic carbocycles. The Kier molecular flexibility index (Phi) is 4.57. The van der Waals surface area contributed by atoms with Gasteiger partial charge in [-0.05, 0) is 44.5 Å². The molecule has 2 N–H and O–H groups in total. The van der Waals surface area contributed by atoms with E-state index >= 15 is 0 Å². The van der Waals surface area contributed by atoms with Gasteiger partial charge < -0.3 is 20.1 Å². The zero-order chi connectivity index (χ0) is 16.3. The van der Waals surface area contributed by atoms with E-state index in [1.807, 2.05) is 32.0 Å². The zero-order valence-electron chi connectivity index (χ0n) is 13.8. The van der Waals surface area contributed by atoms with Crippen molar-refractivity contribution in [3.63, 3.8) is 0 Å². The Morgan fingerprint density at radius 1 is 1.26 bits per heavy atom. The molecule has 2 aliphatic heterocycles. The van der Waals surface area contributed by atoms with E-state index in [2.05, 4.69) is 16.7 Å². The van der Waals surface area contributed by atoms with Crippen LogP contribution in [0.1, 0.15) is 25.8 Å². The van der Waals surface area contributed by atoms with Gasteiger partial charge in [0.15, 0.2) is 11.5 Å². The third-order valence-corrected chi connectivity index (χ3v) is 4.47. The van der Waals surface area contributed by atoms with E-state index in [1.165, 1.54) is 5.57 Å². The standard InChI is InChI=1S/C18H24N2O3/c1-18(2,17(21)20-12-13-5-7-19-8-6-13)14-3-4-15-16(11-14)23-10-9-22-15/h3-5,11,19H,6-10,12H2,1-2H3,(H,20,21). The smallest absolute Gasteiger partial charge is 0.230 e. The van der Waals surface area contributed by atoms with Crippen LogP contribution >= 0.6 is 0 Å². The molecule has 2 heterocycles. The van der Waals surface area contributed by atoms with Gasteiger partial charge in [-0.15, -0.1) is 0 Å². The lowest BCUT2D eigenvalue weighted by molar-refractivity contribution is -0.125. The average Bonchev–Trinajstić information content (AvgIpc) is 2.60. The van der Waals surface area contributed by atoms with Crippen LogP contribution in [0.15, 0.2) is 29.8 Å². The van der Waals surface area contributed by atoms with Gasteiger partial charge in [-0.3, -0.25) is 4.79 Å². The van der Waals surface area contributed by atoms with Crippen molar-refractivity contribution in [2.75, 3.05) is 32.8 Å². The van der Waals surface area contributed by atoms with Crippen LogP contribution < -0.4 is 20.1 Å². The first-order chi connectivity index (χ1) is 11.1. The lowest BCUT2D eigenvalue weighted by Gasteiger charge is -2.27. The molecule has 5 heteroatoms. The van der Waals surface area contributed by atoms with Crippen molar-refractivity contribution in [1.82, 2.24) is 10.6 Å².